The third-order valence-corrected chi connectivity index (χ3v) is 6.49. The van der Waals surface area contributed by atoms with E-state index in [9.17, 15) is 4.55 Å². The Morgan fingerprint density at radius 3 is 2.38 bits per heavy atom. The fourth-order valence-electron chi connectivity index (χ4n) is 3.04. The van der Waals surface area contributed by atoms with Gasteiger partial charge >= 0.3 is 0 Å². The van der Waals surface area contributed by atoms with Crippen molar-refractivity contribution in [1.82, 2.24) is 4.72 Å². The van der Waals surface area contributed by atoms with Gasteiger partial charge in [0.2, 0.25) is 0 Å². The van der Waals surface area contributed by atoms with E-state index in [-0.39, 0.29) is 23.0 Å². The van der Waals surface area contributed by atoms with Crippen molar-refractivity contribution < 1.29 is 14.0 Å². The molecular weight excluding hydrogens is 346 g/mol. The minimum atomic E-state index is -1.16. The molecule has 4 nitrogen and oxygen atoms in total. The highest BCUT2D eigenvalue weighted by molar-refractivity contribution is 7.90. The number of halogens is 1. The first-order valence-corrected chi connectivity index (χ1v) is 9.83. The molecule has 0 heterocycles. The molecule has 0 aliphatic heterocycles. The van der Waals surface area contributed by atoms with Crippen molar-refractivity contribution in [3.63, 3.8) is 0 Å². The summed E-state index contributed by atoms with van der Waals surface area (Å²) in [6, 6.07) is 7.96. The van der Waals surface area contributed by atoms with Crippen molar-refractivity contribution in [2.75, 3.05) is 20.5 Å². The quantitative estimate of drug-likeness (QED) is 0.427. The number of ether oxygens (including phenoxy) is 2. The summed E-state index contributed by atoms with van der Waals surface area (Å²) < 4.78 is 26.3. The Morgan fingerprint density at radius 2 is 1.92 bits per heavy atom. The van der Waals surface area contributed by atoms with E-state index in [4.69, 9.17) is 21.1 Å². The van der Waals surface area contributed by atoms with Crippen molar-refractivity contribution in [2.24, 2.45) is 0 Å². The van der Waals surface area contributed by atoms with Crippen LogP contribution in [-0.2, 0) is 26.3 Å². The third kappa shape index (κ3) is 4.65. The number of hydrogen-bond acceptors (Lipinski definition) is 4. The predicted octanol–water partition coefficient (Wildman–Crippen LogP) is 3.80. The number of nitrogens with one attached hydrogen (secondary N) is 1. The van der Waals surface area contributed by atoms with Crippen LogP contribution in [0.2, 0.25) is 5.02 Å². The van der Waals surface area contributed by atoms with Gasteiger partial charge in [-0.15, -0.1) is 4.72 Å². The number of methoxy groups -OCH3 is 1. The van der Waals surface area contributed by atoms with Gasteiger partial charge in [-0.3, -0.25) is 0 Å². The first kappa shape index (κ1) is 20.0. The van der Waals surface area contributed by atoms with E-state index < -0.39 is 11.4 Å². The average molecular weight is 374 g/mol. The third-order valence-electron chi connectivity index (χ3n) is 4.62. The van der Waals surface area contributed by atoms with Crippen LogP contribution in [-0.4, -0.2) is 35.9 Å². The molecule has 0 spiro atoms. The van der Waals surface area contributed by atoms with E-state index in [0.717, 1.165) is 24.3 Å². The lowest BCUT2D eigenvalue weighted by Gasteiger charge is -2.48. The summed E-state index contributed by atoms with van der Waals surface area (Å²) in [5.74, 6) is 0. The van der Waals surface area contributed by atoms with Crippen LogP contribution in [0.4, 0.5) is 0 Å². The molecule has 0 saturated heterocycles. The van der Waals surface area contributed by atoms with Gasteiger partial charge in [0.1, 0.15) is 11.5 Å². The molecule has 1 unspecified atom stereocenters. The molecule has 0 aromatic heterocycles. The van der Waals surface area contributed by atoms with E-state index in [2.05, 4.69) is 16.9 Å². The Morgan fingerprint density at radius 1 is 1.29 bits per heavy atom. The molecule has 1 aromatic carbocycles. The fourth-order valence-corrected chi connectivity index (χ4v) is 4.07. The molecule has 136 valence electrons. The zero-order valence-electron chi connectivity index (χ0n) is 14.9. The van der Waals surface area contributed by atoms with Crippen molar-refractivity contribution in [2.45, 2.75) is 56.2 Å². The van der Waals surface area contributed by atoms with Gasteiger partial charge < -0.3 is 14.0 Å². The van der Waals surface area contributed by atoms with Crippen molar-refractivity contribution in [3.05, 3.63) is 34.9 Å². The predicted molar refractivity (Wildman–Crippen MR) is 99.6 cm³/mol. The van der Waals surface area contributed by atoms with E-state index in [1.54, 1.807) is 7.11 Å². The summed E-state index contributed by atoms with van der Waals surface area (Å²) >= 11 is 4.88. The van der Waals surface area contributed by atoms with Crippen LogP contribution in [0.15, 0.2) is 24.3 Å². The second-order valence-corrected chi connectivity index (χ2v) is 9.78. The van der Waals surface area contributed by atoms with Crippen molar-refractivity contribution in [3.8, 4) is 0 Å². The zero-order valence-corrected chi connectivity index (χ0v) is 16.5. The van der Waals surface area contributed by atoms with Crippen LogP contribution < -0.4 is 4.72 Å². The van der Waals surface area contributed by atoms with Crippen LogP contribution in [0.3, 0.4) is 0 Å². The van der Waals surface area contributed by atoms with Crippen molar-refractivity contribution in [1.29, 1.82) is 0 Å². The van der Waals surface area contributed by atoms with Gasteiger partial charge in [-0.25, -0.2) is 0 Å². The molecule has 2 rings (SSSR count). The monoisotopic (exact) mass is 373 g/mol. The SMILES string of the molecule is COCOC[C@H](N[S+]([O-])C(C)(C)C)C1(c2ccc(Cl)cc2)CCC1. The van der Waals surface area contributed by atoms with E-state index >= 15 is 0 Å². The highest BCUT2D eigenvalue weighted by Crippen LogP contribution is 2.47. The second-order valence-electron chi connectivity index (χ2n) is 7.35. The molecule has 1 N–H and O–H groups in total. The summed E-state index contributed by atoms with van der Waals surface area (Å²) in [5, 5.41) is 0.728. The highest BCUT2D eigenvalue weighted by Gasteiger charge is 2.48. The molecule has 2 atom stereocenters. The summed E-state index contributed by atoms with van der Waals surface area (Å²) in [5.41, 5.74) is 1.15. The minimum Gasteiger partial charge on any atom is -0.598 e. The molecular formula is C18H28ClNO3S. The molecule has 1 fully saturated rings. The molecule has 0 radical (unpaired) electrons. The van der Waals surface area contributed by atoms with Crippen molar-refractivity contribution >= 4 is 23.0 Å². The Kier molecular flexibility index (Phi) is 7.00. The second kappa shape index (κ2) is 8.39. The topological polar surface area (TPSA) is 53.5 Å². The van der Waals surface area contributed by atoms with Gasteiger partial charge in [-0.1, -0.05) is 30.2 Å². The fraction of sp³-hybridized carbons (Fsp3) is 0.667. The Labute approximate surface area is 153 Å². The van der Waals surface area contributed by atoms with Gasteiger partial charge in [-0.05, 0) is 51.3 Å². The maximum Gasteiger partial charge on any atom is 0.146 e. The van der Waals surface area contributed by atoms with Crippen LogP contribution in [0, 0.1) is 0 Å². The van der Waals surface area contributed by atoms with Crippen LogP contribution in [0.1, 0.15) is 45.6 Å². The minimum absolute atomic E-state index is 0.0392. The van der Waals surface area contributed by atoms with E-state index in [1.165, 1.54) is 5.56 Å². The summed E-state index contributed by atoms with van der Waals surface area (Å²) in [7, 11) is 1.61. The highest BCUT2D eigenvalue weighted by atomic mass is 35.5. The Bertz CT molecular complexity index is 514. The molecule has 6 heteroatoms. The van der Waals surface area contributed by atoms with Crippen LogP contribution in [0.5, 0.6) is 0 Å². The molecule has 1 aromatic rings. The normalized spacial score (nSPS) is 19.6. The number of rotatable bonds is 8. The van der Waals surface area contributed by atoms with Gasteiger partial charge in [0.25, 0.3) is 0 Å². The molecule has 1 saturated carbocycles. The molecule has 0 bridgehead atoms. The summed E-state index contributed by atoms with van der Waals surface area (Å²) in [6.07, 6.45) is 3.25. The Balaban J connectivity index is 2.23. The van der Waals surface area contributed by atoms with E-state index in [1.807, 2.05) is 32.9 Å². The molecule has 0 amide bonds. The van der Waals surface area contributed by atoms with E-state index in [0.29, 0.717) is 6.61 Å². The zero-order chi connectivity index (χ0) is 17.8. The van der Waals surface area contributed by atoms with Gasteiger partial charge in [-0.2, -0.15) is 0 Å². The maximum absolute atomic E-state index is 12.7. The lowest BCUT2D eigenvalue weighted by Crippen LogP contribution is -2.58. The van der Waals surface area contributed by atoms with Crippen LogP contribution in [0.25, 0.3) is 0 Å². The Hall–Kier alpha value is -0.300. The standard InChI is InChI=1S/C18H28ClNO3S/c1-17(2,3)24(21)20-16(12-23-13-22-4)18(10-5-11-18)14-6-8-15(19)9-7-14/h6-9,16,20H,5,10-13H2,1-4H3/t16-,24?/m0/s1. The first-order chi connectivity index (χ1) is 11.3. The number of benzene rings is 1. The molecule has 1 aliphatic carbocycles. The lowest BCUT2D eigenvalue weighted by atomic mass is 9.60. The van der Waals surface area contributed by atoms with Crippen LogP contribution >= 0.6 is 11.6 Å². The average Bonchev–Trinajstić information content (AvgIpc) is 2.47. The molecule has 1 aliphatic rings. The molecule has 24 heavy (non-hydrogen) atoms. The van der Waals surface area contributed by atoms with Gasteiger partial charge in [0.15, 0.2) is 0 Å². The summed E-state index contributed by atoms with van der Waals surface area (Å²) in [6.45, 7) is 6.60. The largest absolute Gasteiger partial charge is 0.598 e. The summed E-state index contributed by atoms with van der Waals surface area (Å²) in [4.78, 5) is 0. The lowest BCUT2D eigenvalue weighted by molar-refractivity contribution is -0.0483. The smallest absolute Gasteiger partial charge is 0.146 e. The first-order valence-electron chi connectivity index (χ1n) is 8.30. The van der Waals surface area contributed by atoms with Gasteiger partial charge in [0.05, 0.1) is 12.6 Å². The number of hydrogen-bond donors (Lipinski definition) is 1. The maximum atomic E-state index is 12.7. The van der Waals surface area contributed by atoms with Gasteiger partial charge in [0, 0.05) is 28.9 Å².